The third-order valence-corrected chi connectivity index (χ3v) is 9.39. The van der Waals surface area contributed by atoms with Crippen molar-refractivity contribution in [1.29, 1.82) is 0 Å². The van der Waals surface area contributed by atoms with Crippen LogP contribution < -0.4 is 5.32 Å². The molecule has 0 saturated carbocycles. The highest BCUT2D eigenvalue weighted by Gasteiger charge is 2.49. The maximum absolute atomic E-state index is 14.1. The number of carbonyl (C=O) groups is 3. The second-order valence-corrected chi connectivity index (χ2v) is 11.8. The molecule has 6 rings (SSSR count). The van der Waals surface area contributed by atoms with Crippen LogP contribution in [0.2, 0.25) is 0 Å². The fourth-order valence-corrected chi connectivity index (χ4v) is 6.99. The summed E-state index contributed by atoms with van der Waals surface area (Å²) < 4.78 is 5.86. The van der Waals surface area contributed by atoms with E-state index in [1.54, 1.807) is 11.8 Å². The molecular formula is C34H37N3O5. The number of alkyl carbamates (subject to hydrolysis) is 1. The lowest BCUT2D eigenvalue weighted by Crippen LogP contribution is -2.64. The molecule has 0 bridgehead atoms. The number of fused-ring (bicyclic) bond motifs is 3. The van der Waals surface area contributed by atoms with Gasteiger partial charge in [-0.05, 0) is 54.0 Å². The Morgan fingerprint density at radius 2 is 1.48 bits per heavy atom. The van der Waals surface area contributed by atoms with Crippen LogP contribution in [-0.2, 0) is 20.9 Å². The first-order valence-electron chi connectivity index (χ1n) is 14.8. The molecule has 3 aromatic carbocycles. The zero-order valence-corrected chi connectivity index (χ0v) is 23.9. The van der Waals surface area contributed by atoms with E-state index in [2.05, 4.69) is 46.6 Å². The minimum absolute atomic E-state index is 0.0857. The molecule has 42 heavy (non-hydrogen) atoms. The molecule has 3 aliphatic rings. The molecule has 2 fully saturated rings. The van der Waals surface area contributed by atoms with Crippen LogP contribution in [0.5, 0.6) is 0 Å². The number of amides is 2. The van der Waals surface area contributed by atoms with Crippen LogP contribution in [0.25, 0.3) is 11.1 Å². The van der Waals surface area contributed by atoms with Gasteiger partial charge in [0.2, 0.25) is 5.91 Å². The fourth-order valence-electron chi connectivity index (χ4n) is 6.99. The van der Waals surface area contributed by atoms with Gasteiger partial charge in [0.1, 0.15) is 12.1 Å². The third kappa shape index (κ3) is 5.27. The van der Waals surface area contributed by atoms with E-state index in [1.807, 2.05) is 42.5 Å². The summed E-state index contributed by atoms with van der Waals surface area (Å²) in [6.07, 6.45) is 0.625. The average molecular weight is 568 g/mol. The van der Waals surface area contributed by atoms with Crippen LogP contribution in [0.1, 0.15) is 48.8 Å². The fraction of sp³-hybridized carbons (Fsp3) is 0.382. The lowest BCUT2D eigenvalue weighted by atomic mass is 9.85. The van der Waals surface area contributed by atoms with Crippen LogP contribution in [0.3, 0.4) is 0 Å². The number of rotatable bonds is 7. The molecule has 2 saturated heterocycles. The first-order valence-corrected chi connectivity index (χ1v) is 14.8. The normalized spacial score (nSPS) is 21.4. The van der Waals surface area contributed by atoms with Gasteiger partial charge in [0.25, 0.3) is 0 Å². The largest absolute Gasteiger partial charge is 0.481 e. The van der Waals surface area contributed by atoms with Crippen LogP contribution in [0, 0.1) is 5.92 Å². The van der Waals surface area contributed by atoms with Gasteiger partial charge in [-0.1, -0.05) is 78.9 Å². The number of carbonyl (C=O) groups excluding carboxylic acids is 2. The van der Waals surface area contributed by atoms with E-state index in [9.17, 15) is 19.5 Å². The molecule has 2 atom stereocenters. The van der Waals surface area contributed by atoms with Crippen LogP contribution >= 0.6 is 0 Å². The maximum Gasteiger partial charge on any atom is 0.408 e. The molecule has 2 amide bonds. The quantitative estimate of drug-likeness (QED) is 0.422. The second-order valence-electron chi connectivity index (χ2n) is 11.8. The number of carboxylic acids is 1. The highest BCUT2D eigenvalue weighted by Crippen LogP contribution is 2.44. The number of carboxylic acid groups (broad SMARTS) is 1. The summed E-state index contributed by atoms with van der Waals surface area (Å²) in [6.45, 7) is 4.31. The predicted octanol–water partition coefficient (Wildman–Crippen LogP) is 4.88. The summed E-state index contributed by atoms with van der Waals surface area (Å²) >= 11 is 0. The predicted molar refractivity (Wildman–Crippen MR) is 159 cm³/mol. The molecule has 2 aliphatic heterocycles. The van der Waals surface area contributed by atoms with Crippen LogP contribution in [0.4, 0.5) is 4.79 Å². The van der Waals surface area contributed by atoms with Crippen molar-refractivity contribution in [3.63, 3.8) is 0 Å². The van der Waals surface area contributed by atoms with Crippen molar-refractivity contribution in [3.05, 3.63) is 95.6 Å². The monoisotopic (exact) mass is 567 g/mol. The maximum atomic E-state index is 14.1. The van der Waals surface area contributed by atoms with Crippen LogP contribution in [0.15, 0.2) is 78.9 Å². The van der Waals surface area contributed by atoms with Gasteiger partial charge < -0.3 is 20.1 Å². The van der Waals surface area contributed by atoms with Gasteiger partial charge >= 0.3 is 12.1 Å². The number of ether oxygens (including phenoxy) is 1. The number of nitrogens with zero attached hydrogens (tertiary/aromatic N) is 2. The molecule has 0 radical (unpaired) electrons. The summed E-state index contributed by atoms with van der Waals surface area (Å²) in [5.41, 5.74) is 4.58. The van der Waals surface area contributed by atoms with Crippen molar-refractivity contribution in [2.75, 3.05) is 26.2 Å². The highest BCUT2D eigenvalue weighted by atomic mass is 16.5. The van der Waals surface area contributed by atoms with Gasteiger partial charge in [0.05, 0.1) is 5.92 Å². The smallest absolute Gasteiger partial charge is 0.408 e. The Labute approximate surface area is 246 Å². The number of benzene rings is 3. The Hall–Kier alpha value is -4.17. The molecule has 2 heterocycles. The standard InChI is InChI=1S/C34H37N3O5/c1-23-25(31(38)39)15-18-37(23)32(40)34(16-19-36(20-17-34)21-24-9-3-2-4-10-24)35-33(41)42-22-30-28-13-7-5-11-26(28)27-12-6-8-14-29(27)30/h2-14,23,25,30H,15-22H2,1H3,(H,35,41)(H,38,39). The summed E-state index contributed by atoms with van der Waals surface area (Å²) in [4.78, 5) is 43.3. The molecule has 0 spiro atoms. The van der Waals surface area contributed by atoms with Gasteiger partial charge in [-0.2, -0.15) is 0 Å². The summed E-state index contributed by atoms with van der Waals surface area (Å²) in [6, 6.07) is 26.1. The number of likely N-dealkylation sites (tertiary alicyclic amines) is 2. The Balaban J connectivity index is 1.18. The van der Waals surface area contributed by atoms with E-state index in [0.717, 1.165) is 28.8 Å². The minimum Gasteiger partial charge on any atom is -0.481 e. The van der Waals surface area contributed by atoms with E-state index in [-0.39, 0.29) is 18.4 Å². The molecule has 2 N–H and O–H groups in total. The van der Waals surface area contributed by atoms with Crippen molar-refractivity contribution >= 4 is 18.0 Å². The summed E-state index contributed by atoms with van der Waals surface area (Å²) in [5, 5.41) is 12.7. The lowest BCUT2D eigenvalue weighted by Gasteiger charge is -2.43. The van der Waals surface area contributed by atoms with Crippen molar-refractivity contribution in [1.82, 2.24) is 15.1 Å². The number of hydrogen-bond acceptors (Lipinski definition) is 5. The third-order valence-electron chi connectivity index (χ3n) is 9.39. The zero-order valence-electron chi connectivity index (χ0n) is 23.9. The Morgan fingerprint density at radius 1 is 0.881 bits per heavy atom. The minimum atomic E-state index is -1.16. The molecule has 8 nitrogen and oxygen atoms in total. The van der Waals surface area contributed by atoms with E-state index in [1.165, 1.54) is 5.56 Å². The molecule has 2 unspecified atom stereocenters. The summed E-state index contributed by atoms with van der Waals surface area (Å²) in [7, 11) is 0. The van der Waals surface area contributed by atoms with Gasteiger partial charge in [0.15, 0.2) is 0 Å². The van der Waals surface area contributed by atoms with E-state index >= 15 is 0 Å². The number of piperidine rings is 1. The molecule has 0 aromatic heterocycles. The van der Waals surface area contributed by atoms with Crippen molar-refractivity contribution in [2.45, 2.75) is 50.2 Å². The number of nitrogens with one attached hydrogen (secondary N) is 1. The average Bonchev–Trinajstić information content (AvgIpc) is 3.55. The van der Waals surface area contributed by atoms with E-state index < -0.39 is 29.6 Å². The van der Waals surface area contributed by atoms with Gasteiger partial charge in [-0.15, -0.1) is 0 Å². The van der Waals surface area contributed by atoms with Crippen molar-refractivity contribution < 1.29 is 24.2 Å². The molecule has 8 heteroatoms. The van der Waals surface area contributed by atoms with E-state index in [4.69, 9.17) is 4.74 Å². The van der Waals surface area contributed by atoms with Crippen molar-refractivity contribution in [2.24, 2.45) is 5.92 Å². The van der Waals surface area contributed by atoms with Crippen LogP contribution in [-0.4, -0.2) is 70.7 Å². The van der Waals surface area contributed by atoms with Gasteiger partial charge in [-0.25, -0.2) is 4.79 Å². The van der Waals surface area contributed by atoms with E-state index in [0.29, 0.717) is 38.9 Å². The Morgan fingerprint density at radius 3 is 2.07 bits per heavy atom. The van der Waals surface area contributed by atoms with Crippen molar-refractivity contribution in [3.8, 4) is 11.1 Å². The molecule has 218 valence electrons. The Kier molecular flexibility index (Phi) is 7.73. The second kappa shape index (κ2) is 11.6. The van der Waals surface area contributed by atoms with Gasteiger partial charge in [0, 0.05) is 38.1 Å². The molecule has 3 aromatic rings. The number of aliphatic carboxylic acids is 1. The SMILES string of the molecule is CC1C(C(=O)O)CCN1C(=O)C1(NC(=O)OCC2c3ccccc3-c3ccccc32)CCN(Cc2ccccc2)CC1. The molecular weight excluding hydrogens is 530 g/mol. The lowest BCUT2D eigenvalue weighted by molar-refractivity contribution is -0.145. The highest BCUT2D eigenvalue weighted by molar-refractivity contribution is 5.91. The summed E-state index contributed by atoms with van der Waals surface area (Å²) in [5.74, 6) is -1.81. The number of hydrogen-bond donors (Lipinski definition) is 2. The Bertz CT molecular complexity index is 1420. The first kappa shape index (κ1) is 28.0. The zero-order chi connectivity index (χ0) is 29.3. The van der Waals surface area contributed by atoms with Gasteiger partial charge in [-0.3, -0.25) is 14.5 Å². The first-order chi connectivity index (χ1) is 20.4. The molecule has 1 aliphatic carbocycles. The topological polar surface area (TPSA) is 99.2 Å².